The first-order chi connectivity index (χ1) is 67.0. The lowest BCUT2D eigenvalue weighted by atomic mass is 9.80. The molecule has 0 bridgehead atoms. The summed E-state index contributed by atoms with van der Waals surface area (Å²) in [5.74, 6) is -5.77. The van der Waals surface area contributed by atoms with Gasteiger partial charge in [0.25, 0.3) is 37.1 Å². The van der Waals surface area contributed by atoms with E-state index in [0.29, 0.717) is 61.0 Å². The number of aryl methyl sites for hydroxylation is 2. The van der Waals surface area contributed by atoms with E-state index in [9.17, 15) is 53.6 Å². The van der Waals surface area contributed by atoms with Crippen LogP contribution in [0.4, 0.5) is 17.6 Å². The minimum Gasteiger partial charge on any atom is -0.477 e. The Balaban J connectivity index is 0.000000134. The number of allylic oxidation sites excluding steroid dienone is 3. The molecule has 33 heteroatoms. The molecule has 3 aliphatic carbocycles. The number of benzene rings is 8. The molecule has 0 unspecified atom stereocenters. The number of fused-ring (bicyclic) bond motifs is 5. The Hall–Kier alpha value is -15.8. The number of carboxylic acids is 1. The van der Waals surface area contributed by atoms with Gasteiger partial charge in [0.1, 0.15) is 11.1 Å². The van der Waals surface area contributed by atoms with Crippen molar-refractivity contribution < 1.29 is 59.1 Å². The van der Waals surface area contributed by atoms with Gasteiger partial charge >= 0.3 is 13.1 Å². The van der Waals surface area contributed by atoms with Gasteiger partial charge in [0.05, 0.1) is 63.2 Å². The molecule has 6 N–H and O–H groups in total. The van der Waals surface area contributed by atoms with Crippen molar-refractivity contribution in [2.75, 3.05) is 0 Å². The molecule has 24 nitrogen and oxygen atoms in total. The summed E-state index contributed by atoms with van der Waals surface area (Å²) in [5.41, 5.74) is 24.1. The predicted octanol–water partition coefficient (Wildman–Crippen LogP) is 18.0. The van der Waals surface area contributed by atoms with E-state index in [1.165, 1.54) is 111 Å². The van der Waals surface area contributed by atoms with Crippen molar-refractivity contribution in [1.29, 1.82) is 10.5 Å². The summed E-state index contributed by atoms with van der Waals surface area (Å²) in [6, 6.07) is 78.7. The Morgan fingerprint density at radius 2 is 0.906 bits per heavy atom. The van der Waals surface area contributed by atoms with Gasteiger partial charge in [-0.3, -0.25) is 29.3 Å². The number of pyridine rings is 7. The van der Waals surface area contributed by atoms with Gasteiger partial charge in [0, 0.05) is 130 Å². The molecular formula is C106H82BBr2F4N13O11S2. The number of nitrogens with zero attached hydrogens (tertiary/aromatic N) is 11. The van der Waals surface area contributed by atoms with Crippen LogP contribution in [0.2, 0.25) is 0 Å². The Bertz CT molecular complexity index is 8090. The molecule has 0 fully saturated rings. The third-order valence-electron chi connectivity index (χ3n) is 22.1. The first kappa shape index (κ1) is 99.1. The van der Waals surface area contributed by atoms with Crippen LogP contribution in [0.15, 0.2) is 365 Å². The van der Waals surface area contributed by atoms with E-state index in [4.69, 9.17) is 31.4 Å². The third kappa shape index (κ3) is 24.0. The predicted molar refractivity (Wildman–Crippen MR) is 532 cm³/mol. The summed E-state index contributed by atoms with van der Waals surface area (Å²) in [6.07, 6.45) is 23.8. The van der Waals surface area contributed by atoms with E-state index >= 15 is 0 Å². The zero-order chi connectivity index (χ0) is 98.6. The number of carbonyl (C=O) groups is 2. The van der Waals surface area contributed by atoms with Gasteiger partial charge in [-0.25, -0.2) is 57.1 Å². The maximum absolute atomic E-state index is 13.5. The molecule has 0 saturated carbocycles. The second kappa shape index (κ2) is 45.2. The maximum Gasteiger partial charge on any atom is 0.488 e. The van der Waals surface area contributed by atoms with Crippen molar-refractivity contribution in [2.45, 2.75) is 69.1 Å². The third-order valence-corrected chi connectivity index (χ3v) is 26.8. The molecule has 17 aromatic rings. The monoisotopic (exact) mass is 2020 g/mol. The Labute approximate surface area is 813 Å². The largest absolute Gasteiger partial charge is 0.488 e. The Morgan fingerprint density at radius 3 is 1.42 bits per heavy atom. The van der Waals surface area contributed by atoms with Gasteiger partial charge in [0.15, 0.2) is 34.6 Å². The fraction of sp³-hybridized carbons (Fsp3) is 0.0849. The molecule has 0 saturated heterocycles. The van der Waals surface area contributed by atoms with Crippen LogP contribution >= 0.6 is 31.9 Å². The van der Waals surface area contributed by atoms with Crippen molar-refractivity contribution in [3.8, 4) is 23.3 Å². The number of aromatic nitrogens is 9. The highest BCUT2D eigenvalue weighted by Crippen LogP contribution is 2.37. The van der Waals surface area contributed by atoms with Gasteiger partial charge in [0.2, 0.25) is 0 Å². The van der Waals surface area contributed by atoms with E-state index in [1.54, 1.807) is 128 Å². The van der Waals surface area contributed by atoms with Crippen molar-refractivity contribution >= 4 is 114 Å². The fourth-order valence-electron chi connectivity index (χ4n) is 15.1. The van der Waals surface area contributed by atoms with Crippen LogP contribution in [0.5, 0.6) is 0 Å². The molecular weight excluding hydrogens is 1940 g/mol. The number of carbonyl (C=O) groups excluding carboxylic acids is 1. The fourth-order valence-corrected chi connectivity index (χ4v) is 18.9. The second-order valence-corrected chi connectivity index (χ2v) is 36.8. The highest BCUT2D eigenvalue weighted by Gasteiger charge is 2.27. The topological polar surface area (TPSA) is 367 Å². The standard InChI is InChI=1S/C28H21F2N3O2.C21H15N3O2S.C15H14N2.C14H11BrN2O2S.C13H9F2NO3.C8H6BrN.C7H6BNO2/c29-24-10-8-19(15-25(24)30)17-33-13-3-7-23(28(33)35)27(34)32-16-18-4-1-5-20(14-18)21-9-11-26-22(21)6-2-12-31-26;1-15-7-9-18(10-8-15)27(25,26)24-14-20(19-6-3-11-23-21(19)24)17-5-2-4-16(12-17)13-22;16-10-11-3-1-4-12(9-11)13-6-7-15-14(13)5-2-8-17-15;1-10-4-6-11(7-5-10)20(18,19)17-9-13(15)12-3-2-8-16-14(12)17;14-10-4-3-8(6-11(10)15)7-16-5-1-2-9(12(16)17)13(18)19;9-7-3-4-8-6(7)2-1-5-10-8;9-5-6-2-1-3-7(4-6)8(10)11/h1-10,12-15H,11,16-17H2,(H,32,34);2-12,14H,1H3;1-6,8-9H,7,10,16H2;2-9H,1H3;1-6H,7H2,(H,18,19);1-3,5H,4H2;1-4,10-11H. The smallest absolute Gasteiger partial charge is 0.477 e. The molecule has 1 amide bonds. The molecule has 8 aromatic carbocycles. The van der Waals surface area contributed by atoms with E-state index in [-0.39, 0.29) is 40.6 Å². The lowest BCUT2D eigenvalue weighted by Gasteiger charge is -2.11. The van der Waals surface area contributed by atoms with Crippen LogP contribution in [0.25, 0.3) is 48.8 Å². The number of nitrogens with one attached hydrogen (secondary N) is 1. The first-order valence-corrected chi connectivity index (χ1v) is 47.3. The Morgan fingerprint density at radius 1 is 0.460 bits per heavy atom. The van der Waals surface area contributed by atoms with Crippen LogP contribution in [0.3, 0.4) is 0 Å². The van der Waals surface area contributed by atoms with Crippen LogP contribution in [-0.2, 0) is 65.5 Å². The molecule has 139 heavy (non-hydrogen) atoms. The van der Waals surface area contributed by atoms with Crippen LogP contribution < -0.4 is 27.6 Å². The SMILES string of the molecule is BrC1=CCc2ncccc21.Cc1ccc(S(=O)(=O)n2cc(-c3cccc(C#N)c3)c3cccnc32)cc1.Cc1ccc(S(=O)(=O)n2cc(Br)c3cccnc32)cc1.N#Cc1cccc(B(O)O)c1.NCc1cccc(C2=CCc3ncccc32)c1.O=C(NCc1cccc(C2=CCc3ncccc32)c1)c1cccn(Cc2ccc(F)c(F)c2)c1=O.O=C(O)c1cccn(Cc2ccc(F)c(F)c2)c1=O. The number of halogens is 6. The van der Waals surface area contributed by atoms with E-state index in [1.807, 2.05) is 93.0 Å². The highest BCUT2D eigenvalue weighted by molar-refractivity contribution is 9.15. The minimum atomic E-state index is -3.80. The number of nitriles is 2. The molecule has 9 heterocycles. The summed E-state index contributed by atoms with van der Waals surface area (Å²) in [4.78, 5) is 70.2. The number of nitrogens with two attached hydrogens (primary N) is 1. The van der Waals surface area contributed by atoms with Crippen molar-refractivity contribution in [1.82, 2.24) is 47.3 Å². The zero-order valence-electron chi connectivity index (χ0n) is 74.0. The number of carboxylic acid groups (broad SMARTS) is 1. The summed E-state index contributed by atoms with van der Waals surface area (Å²) in [6.45, 7) is 4.64. The molecule has 0 radical (unpaired) electrons. The lowest BCUT2D eigenvalue weighted by Crippen LogP contribution is -2.32. The van der Waals surface area contributed by atoms with Crippen LogP contribution in [-0.4, -0.2) is 93.0 Å². The van der Waals surface area contributed by atoms with Crippen molar-refractivity contribution in [2.24, 2.45) is 5.73 Å². The van der Waals surface area contributed by atoms with Gasteiger partial charge in [-0.15, -0.1) is 0 Å². The summed E-state index contributed by atoms with van der Waals surface area (Å²) < 4.78 is 111. The van der Waals surface area contributed by atoms with Gasteiger partial charge in [-0.1, -0.05) is 161 Å². The summed E-state index contributed by atoms with van der Waals surface area (Å²) in [7, 11) is -8.93. The van der Waals surface area contributed by atoms with E-state index in [0.717, 1.165) is 98.1 Å². The second-order valence-electron chi connectivity index (χ2n) is 31.5. The Kier molecular flexibility index (Phi) is 32.2. The lowest BCUT2D eigenvalue weighted by molar-refractivity contribution is 0.0693. The molecule has 0 atom stereocenters. The first-order valence-electron chi connectivity index (χ1n) is 42.8. The molecule has 3 aliphatic rings. The number of amides is 1. The average Bonchev–Trinajstić information content (AvgIpc) is 1.60. The molecule has 9 aromatic heterocycles. The van der Waals surface area contributed by atoms with Crippen LogP contribution in [0.1, 0.15) is 110 Å². The average molecular weight is 2020 g/mol. The quantitative estimate of drug-likeness (QED) is 0.0417. The number of hydrogen-bond acceptors (Lipinski definition) is 18. The highest BCUT2D eigenvalue weighted by atomic mass is 79.9. The van der Waals surface area contributed by atoms with Crippen molar-refractivity contribution in [3.05, 3.63) is 490 Å². The molecule has 20 rings (SSSR count). The molecule has 694 valence electrons. The summed E-state index contributed by atoms with van der Waals surface area (Å²) in [5, 5.41) is 48.1. The van der Waals surface area contributed by atoms with Crippen molar-refractivity contribution in [3.63, 3.8) is 0 Å². The van der Waals surface area contributed by atoms with Gasteiger partial charge in [-0.05, 0) is 237 Å². The van der Waals surface area contributed by atoms with Gasteiger partial charge < -0.3 is 35.3 Å². The number of hydrogen-bond donors (Lipinski definition) is 5. The maximum atomic E-state index is 13.5. The van der Waals surface area contributed by atoms with E-state index in [2.05, 4.69) is 129 Å². The number of aromatic carboxylic acids is 1. The summed E-state index contributed by atoms with van der Waals surface area (Å²) >= 11 is 6.83. The van der Waals surface area contributed by atoms with Crippen LogP contribution in [0, 0.1) is 59.8 Å². The number of rotatable bonds is 17. The van der Waals surface area contributed by atoms with E-state index < -0.39 is 73.4 Å². The molecule has 0 aliphatic heterocycles. The normalized spacial score (nSPS) is 11.8. The van der Waals surface area contributed by atoms with Gasteiger partial charge in [-0.2, -0.15) is 10.5 Å². The minimum absolute atomic E-state index is 0.0185. The molecule has 0 spiro atoms. The zero-order valence-corrected chi connectivity index (χ0v) is 78.9.